The van der Waals surface area contributed by atoms with Crippen molar-refractivity contribution in [1.29, 1.82) is 0 Å². The molecule has 2 N–H and O–H groups in total. The summed E-state index contributed by atoms with van der Waals surface area (Å²) in [5.41, 5.74) is -2.73. The zero-order valence-electron chi connectivity index (χ0n) is 11.8. The molecule has 0 aliphatic heterocycles. The zero-order valence-corrected chi connectivity index (χ0v) is 12.6. The summed E-state index contributed by atoms with van der Waals surface area (Å²) in [5, 5.41) is 8.79. The first-order chi connectivity index (χ1) is 10.9. The molecule has 12 heteroatoms. The van der Waals surface area contributed by atoms with Crippen molar-refractivity contribution in [2.24, 2.45) is 0 Å². The first-order valence-electron chi connectivity index (χ1n) is 6.22. The largest absolute Gasteiger partial charge is 0.478 e. The Balaban J connectivity index is 2.93. The van der Waals surface area contributed by atoms with Crippen LogP contribution in [0.15, 0.2) is 18.2 Å². The molecule has 0 heterocycles. The first kappa shape index (κ1) is 20.1. The van der Waals surface area contributed by atoms with E-state index in [1.807, 2.05) is 0 Å². The Kier molecular flexibility index (Phi) is 6.49. The van der Waals surface area contributed by atoms with Crippen molar-refractivity contribution in [3.8, 4) is 0 Å². The molecular formula is C12H12F5NO5S. The fraction of sp³-hybridized carbons (Fsp3) is 0.417. The first-order valence-corrected chi connectivity index (χ1v) is 7.88. The van der Waals surface area contributed by atoms with Gasteiger partial charge >= 0.3 is 12.1 Å². The topological polar surface area (TPSA) is 92.7 Å². The van der Waals surface area contributed by atoms with E-state index in [9.17, 15) is 35.2 Å². The molecule has 0 radical (unpaired) electrons. The van der Waals surface area contributed by atoms with E-state index in [4.69, 9.17) is 5.11 Å². The molecule has 0 atom stereocenters. The van der Waals surface area contributed by atoms with Crippen molar-refractivity contribution in [1.82, 2.24) is 0 Å². The Morgan fingerprint density at radius 3 is 2.38 bits per heavy atom. The second-order valence-electron chi connectivity index (χ2n) is 4.49. The Bertz CT molecular complexity index is 690. The molecule has 0 aliphatic rings. The maximum absolute atomic E-state index is 12.7. The van der Waals surface area contributed by atoms with E-state index in [0.29, 0.717) is 18.2 Å². The molecule has 0 unspecified atom stereocenters. The molecule has 6 nitrogen and oxygen atoms in total. The van der Waals surface area contributed by atoms with Gasteiger partial charge in [0.05, 0.1) is 23.5 Å². The standard InChI is InChI=1S/C12H12F5NO5S/c13-10(14)6-23-1-2-24(21,22)18-9-4-7(11(19)20)3-8(5-9)12(15,16)17/h3-5,10,18H,1-2,6H2,(H,19,20). The van der Waals surface area contributed by atoms with E-state index in [1.54, 1.807) is 4.72 Å². The molecule has 1 aromatic carbocycles. The van der Waals surface area contributed by atoms with Crippen LogP contribution < -0.4 is 4.72 Å². The maximum Gasteiger partial charge on any atom is 0.416 e. The lowest BCUT2D eigenvalue weighted by Crippen LogP contribution is -2.22. The quantitative estimate of drug-likeness (QED) is 0.536. The highest BCUT2D eigenvalue weighted by Crippen LogP contribution is 2.32. The molecule has 24 heavy (non-hydrogen) atoms. The van der Waals surface area contributed by atoms with Crippen LogP contribution in [-0.2, 0) is 20.9 Å². The molecule has 0 fully saturated rings. The highest BCUT2D eigenvalue weighted by Gasteiger charge is 2.32. The van der Waals surface area contributed by atoms with Gasteiger partial charge in [0.2, 0.25) is 10.0 Å². The van der Waals surface area contributed by atoms with Crippen LogP contribution in [0.2, 0.25) is 0 Å². The van der Waals surface area contributed by atoms with Crippen LogP contribution in [0.3, 0.4) is 0 Å². The summed E-state index contributed by atoms with van der Waals surface area (Å²) in [6.07, 6.45) is -7.67. The minimum absolute atomic E-state index is 0.353. The van der Waals surface area contributed by atoms with Gasteiger partial charge in [-0.3, -0.25) is 4.72 Å². The van der Waals surface area contributed by atoms with E-state index >= 15 is 0 Å². The molecule has 1 aromatic rings. The Morgan fingerprint density at radius 1 is 1.25 bits per heavy atom. The number of carbonyl (C=O) groups is 1. The van der Waals surface area contributed by atoms with E-state index in [2.05, 4.69) is 4.74 Å². The van der Waals surface area contributed by atoms with Gasteiger partial charge < -0.3 is 9.84 Å². The molecule has 0 bridgehead atoms. The van der Waals surface area contributed by atoms with Crippen LogP contribution in [-0.4, -0.2) is 44.9 Å². The summed E-state index contributed by atoms with van der Waals surface area (Å²) in [6, 6.07) is 1.48. The van der Waals surface area contributed by atoms with Crippen LogP contribution in [0.25, 0.3) is 0 Å². The van der Waals surface area contributed by atoms with E-state index in [0.717, 1.165) is 0 Å². The average molecular weight is 377 g/mol. The summed E-state index contributed by atoms with van der Waals surface area (Å²) in [4.78, 5) is 10.8. The summed E-state index contributed by atoms with van der Waals surface area (Å²) < 4.78 is 91.3. The molecule has 0 spiro atoms. The van der Waals surface area contributed by atoms with E-state index in [-0.39, 0.29) is 0 Å². The zero-order chi connectivity index (χ0) is 18.5. The lowest BCUT2D eigenvalue weighted by Gasteiger charge is -2.13. The highest BCUT2D eigenvalue weighted by molar-refractivity contribution is 7.92. The predicted octanol–water partition coefficient (Wildman–Crippen LogP) is 2.43. The van der Waals surface area contributed by atoms with Crippen LogP contribution in [0.1, 0.15) is 15.9 Å². The summed E-state index contributed by atoms with van der Waals surface area (Å²) in [5.74, 6) is -2.47. The van der Waals surface area contributed by atoms with Gasteiger partial charge in [-0.1, -0.05) is 0 Å². The van der Waals surface area contributed by atoms with Crippen molar-refractivity contribution < 1.29 is 45.0 Å². The molecular weight excluding hydrogens is 365 g/mol. The normalized spacial score (nSPS) is 12.4. The van der Waals surface area contributed by atoms with Gasteiger partial charge in [0.25, 0.3) is 6.43 Å². The van der Waals surface area contributed by atoms with Crippen molar-refractivity contribution >= 4 is 21.7 Å². The third kappa shape index (κ3) is 6.66. The summed E-state index contributed by atoms with van der Waals surface area (Å²) >= 11 is 0. The third-order valence-corrected chi connectivity index (χ3v) is 3.77. The summed E-state index contributed by atoms with van der Waals surface area (Å²) in [6.45, 7) is -1.59. The van der Waals surface area contributed by atoms with Crippen LogP contribution in [0, 0.1) is 0 Å². The molecule has 0 saturated heterocycles. The van der Waals surface area contributed by atoms with Gasteiger partial charge in [-0.05, 0) is 18.2 Å². The molecule has 0 aliphatic carbocycles. The fourth-order valence-electron chi connectivity index (χ4n) is 1.55. The molecule has 0 aromatic heterocycles. The monoisotopic (exact) mass is 377 g/mol. The number of alkyl halides is 5. The molecule has 0 amide bonds. The molecule has 1 rings (SSSR count). The van der Waals surface area contributed by atoms with Gasteiger partial charge in [-0.2, -0.15) is 13.2 Å². The third-order valence-electron chi connectivity index (χ3n) is 2.52. The van der Waals surface area contributed by atoms with Crippen LogP contribution >= 0.6 is 0 Å². The molecule has 0 saturated carbocycles. The molecule has 136 valence electrons. The minimum atomic E-state index is -4.88. The van der Waals surface area contributed by atoms with Crippen molar-refractivity contribution in [3.63, 3.8) is 0 Å². The smallest absolute Gasteiger partial charge is 0.416 e. The van der Waals surface area contributed by atoms with Gasteiger partial charge in [0, 0.05) is 5.69 Å². The number of carboxylic acid groups (broad SMARTS) is 1. The number of nitrogens with one attached hydrogen (secondary N) is 1. The van der Waals surface area contributed by atoms with Crippen molar-refractivity contribution in [3.05, 3.63) is 29.3 Å². The van der Waals surface area contributed by atoms with Gasteiger partial charge in [0.15, 0.2) is 0 Å². The highest BCUT2D eigenvalue weighted by atomic mass is 32.2. The lowest BCUT2D eigenvalue weighted by molar-refractivity contribution is -0.137. The van der Waals surface area contributed by atoms with E-state index in [1.165, 1.54) is 0 Å². The number of benzene rings is 1. The Hall–Kier alpha value is -1.95. The number of halogens is 5. The van der Waals surface area contributed by atoms with Gasteiger partial charge in [-0.15, -0.1) is 0 Å². The number of hydrogen-bond acceptors (Lipinski definition) is 4. The number of carboxylic acids is 1. The number of anilines is 1. The Morgan fingerprint density at radius 2 is 1.88 bits per heavy atom. The summed E-state index contributed by atoms with van der Waals surface area (Å²) in [7, 11) is -4.22. The number of sulfonamides is 1. The Labute approximate surface area is 133 Å². The predicted molar refractivity (Wildman–Crippen MR) is 72.6 cm³/mol. The fourth-order valence-corrected chi connectivity index (χ4v) is 2.46. The van der Waals surface area contributed by atoms with Gasteiger partial charge in [0.1, 0.15) is 6.61 Å². The second-order valence-corrected chi connectivity index (χ2v) is 6.33. The second kappa shape index (κ2) is 7.75. The van der Waals surface area contributed by atoms with Crippen molar-refractivity contribution in [2.75, 3.05) is 23.7 Å². The average Bonchev–Trinajstić information content (AvgIpc) is 2.41. The maximum atomic E-state index is 12.7. The van der Waals surface area contributed by atoms with Gasteiger partial charge in [-0.25, -0.2) is 22.0 Å². The van der Waals surface area contributed by atoms with Crippen LogP contribution in [0.4, 0.5) is 27.6 Å². The number of hydrogen-bond donors (Lipinski definition) is 2. The number of ether oxygens (including phenoxy) is 1. The van der Waals surface area contributed by atoms with Crippen molar-refractivity contribution in [2.45, 2.75) is 12.6 Å². The number of aromatic carboxylic acids is 1. The number of rotatable bonds is 8. The van der Waals surface area contributed by atoms with E-state index < -0.39 is 64.4 Å². The minimum Gasteiger partial charge on any atom is -0.478 e. The lowest BCUT2D eigenvalue weighted by atomic mass is 10.1. The van der Waals surface area contributed by atoms with Crippen LogP contribution in [0.5, 0.6) is 0 Å². The SMILES string of the molecule is O=C(O)c1cc(NS(=O)(=O)CCOCC(F)F)cc(C(F)(F)F)c1.